The second-order valence-corrected chi connectivity index (χ2v) is 10.2. The smallest absolute Gasteiger partial charge is 0.252 e. The molecule has 2 aliphatic heterocycles. The van der Waals surface area contributed by atoms with Crippen LogP contribution in [0.5, 0.6) is 5.75 Å². The molecule has 1 aromatic rings. The van der Waals surface area contributed by atoms with Gasteiger partial charge in [-0.05, 0) is 66.5 Å². The Morgan fingerprint density at radius 3 is 2.63 bits per heavy atom. The first-order valence-electron chi connectivity index (χ1n) is 12.2. The number of carbonyl (C=O) groups is 2. The van der Waals surface area contributed by atoms with Gasteiger partial charge in [-0.2, -0.15) is 0 Å². The van der Waals surface area contributed by atoms with E-state index in [-0.39, 0.29) is 37.5 Å². The van der Waals surface area contributed by atoms with Gasteiger partial charge in [-0.1, -0.05) is 12.1 Å². The van der Waals surface area contributed by atoms with Crippen molar-refractivity contribution in [2.75, 3.05) is 32.9 Å². The molecule has 5 unspecified atom stereocenters. The van der Waals surface area contributed by atoms with Crippen molar-refractivity contribution in [2.24, 2.45) is 0 Å². The summed E-state index contributed by atoms with van der Waals surface area (Å²) < 4.78 is 18.5. The standard InChI is InChI=1S/C25H33IN2O7/c26-18-6-1-2-7-20(18)35-22-14-16(24(31)27-9-10-29)13-19(23(22)30)28(15-17-5-3-11-33-17)25(32)21-8-4-12-34-21/h1-2,6-7,14,17,19,21-23,29-30H,3-5,8-13,15H2,(H,27,31). The van der Waals surface area contributed by atoms with Crippen LogP contribution in [0.15, 0.2) is 35.9 Å². The number of aliphatic hydroxyl groups is 2. The fraction of sp³-hybridized carbons (Fsp3) is 0.600. The molecule has 4 rings (SSSR count). The Hall–Kier alpha value is -1.73. The molecule has 0 bridgehead atoms. The molecule has 192 valence electrons. The number of ether oxygens (including phenoxy) is 3. The number of amides is 2. The monoisotopic (exact) mass is 600 g/mol. The highest BCUT2D eigenvalue weighted by Crippen LogP contribution is 2.31. The van der Waals surface area contributed by atoms with Gasteiger partial charge in [0.15, 0.2) is 0 Å². The van der Waals surface area contributed by atoms with Gasteiger partial charge >= 0.3 is 0 Å². The van der Waals surface area contributed by atoms with E-state index in [4.69, 9.17) is 19.3 Å². The summed E-state index contributed by atoms with van der Waals surface area (Å²) in [5.74, 6) is 0.0429. The van der Waals surface area contributed by atoms with Crippen molar-refractivity contribution < 1.29 is 34.0 Å². The minimum Gasteiger partial charge on any atom is -0.482 e. The highest BCUT2D eigenvalue weighted by molar-refractivity contribution is 14.1. The topological polar surface area (TPSA) is 118 Å². The SMILES string of the molecule is O=C(NCCO)C1=CC(Oc2ccccc2I)C(O)C(N(CC2CCCO2)C(=O)C2CCCO2)C1. The molecule has 1 aliphatic carbocycles. The van der Waals surface area contributed by atoms with Crippen LogP contribution in [0.1, 0.15) is 32.1 Å². The molecular formula is C25H33IN2O7. The molecule has 10 heteroatoms. The third-order valence-corrected chi connectivity index (χ3v) is 7.52. The van der Waals surface area contributed by atoms with Crippen LogP contribution in [0.25, 0.3) is 0 Å². The third kappa shape index (κ3) is 6.53. The zero-order chi connectivity index (χ0) is 24.8. The van der Waals surface area contributed by atoms with Crippen molar-refractivity contribution in [3.63, 3.8) is 0 Å². The fourth-order valence-electron chi connectivity index (χ4n) is 4.82. The Balaban J connectivity index is 1.63. The second-order valence-electron chi connectivity index (χ2n) is 9.07. The average Bonchev–Trinajstić information content (AvgIpc) is 3.58. The van der Waals surface area contributed by atoms with Gasteiger partial charge in [0.2, 0.25) is 5.91 Å². The van der Waals surface area contributed by atoms with E-state index < -0.39 is 24.4 Å². The zero-order valence-corrected chi connectivity index (χ0v) is 21.8. The summed E-state index contributed by atoms with van der Waals surface area (Å²) in [6, 6.07) is 6.74. The molecule has 9 nitrogen and oxygen atoms in total. The third-order valence-electron chi connectivity index (χ3n) is 6.63. The lowest BCUT2D eigenvalue weighted by Gasteiger charge is -2.42. The molecule has 2 saturated heterocycles. The number of para-hydroxylation sites is 1. The lowest BCUT2D eigenvalue weighted by atomic mass is 9.87. The van der Waals surface area contributed by atoms with E-state index in [0.29, 0.717) is 37.5 Å². The summed E-state index contributed by atoms with van der Waals surface area (Å²) in [5, 5.41) is 23.3. The number of halogens is 1. The summed E-state index contributed by atoms with van der Waals surface area (Å²) >= 11 is 2.16. The number of nitrogens with zero attached hydrogens (tertiary/aromatic N) is 1. The molecular weight excluding hydrogens is 567 g/mol. The maximum absolute atomic E-state index is 13.6. The number of hydrogen-bond donors (Lipinski definition) is 3. The number of carbonyl (C=O) groups excluding carboxylic acids is 2. The van der Waals surface area contributed by atoms with Crippen LogP contribution < -0.4 is 10.1 Å². The summed E-state index contributed by atoms with van der Waals surface area (Å²) in [5.41, 5.74) is 0.405. The molecule has 0 spiro atoms. The van der Waals surface area contributed by atoms with E-state index in [1.807, 2.05) is 18.2 Å². The van der Waals surface area contributed by atoms with Crippen molar-refractivity contribution in [3.05, 3.63) is 39.5 Å². The highest BCUT2D eigenvalue weighted by Gasteiger charge is 2.43. The predicted molar refractivity (Wildman–Crippen MR) is 136 cm³/mol. The normalized spacial score (nSPS) is 28.4. The Bertz CT molecular complexity index is 915. The lowest BCUT2D eigenvalue weighted by Crippen LogP contribution is -2.58. The van der Waals surface area contributed by atoms with E-state index in [1.54, 1.807) is 17.0 Å². The first kappa shape index (κ1) is 26.3. The molecule has 2 heterocycles. The molecule has 3 aliphatic rings. The Labute approximate surface area is 218 Å². The van der Waals surface area contributed by atoms with E-state index in [2.05, 4.69) is 27.9 Å². The van der Waals surface area contributed by atoms with E-state index in [0.717, 1.165) is 22.8 Å². The van der Waals surface area contributed by atoms with Gasteiger partial charge in [-0.15, -0.1) is 0 Å². The summed E-state index contributed by atoms with van der Waals surface area (Å²) in [6.07, 6.45) is 2.39. The van der Waals surface area contributed by atoms with E-state index >= 15 is 0 Å². The number of aliphatic hydroxyl groups excluding tert-OH is 2. The van der Waals surface area contributed by atoms with E-state index in [9.17, 15) is 14.7 Å². The van der Waals surface area contributed by atoms with Gasteiger partial charge in [0.25, 0.3) is 5.91 Å². The summed E-state index contributed by atoms with van der Waals surface area (Å²) in [7, 11) is 0. The zero-order valence-electron chi connectivity index (χ0n) is 19.6. The van der Waals surface area contributed by atoms with Crippen LogP contribution in [0.3, 0.4) is 0 Å². The van der Waals surface area contributed by atoms with Crippen molar-refractivity contribution in [1.29, 1.82) is 0 Å². The van der Waals surface area contributed by atoms with Crippen molar-refractivity contribution in [3.8, 4) is 5.75 Å². The van der Waals surface area contributed by atoms with Crippen LogP contribution in [0, 0.1) is 3.57 Å². The van der Waals surface area contributed by atoms with Crippen LogP contribution in [-0.2, 0) is 19.1 Å². The summed E-state index contributed by atoms with van der Waals surface area (Å²) in [6.45, 7) is 1.43. The Morgan fingerprint density at radius 2 is 1.94 bits per heavy atom. The molecule has 5 atom stereocenters. The van der Waals surface area contributed by atoms with Gasteiger partial charge in [-0.25, -0.2) is 0 Å². The van der Waals surface area contributed by atoms with Gasteiger partial charge in [-0.3, -0.25) is 9.59 Å². The average molecular weight is 600 g/mol. The summed E-state index contributed by atoms with van der Waals surface area (Å²) in [4.78, 5) is 28.1. The first-order valence-corrected chi connectivity index (χ1v) is 13.3. The van der Waals surface area contributed by atoms with Gasteiger partial charge in [0.05, 0.1) is 22.3 Å². The molecule has 2 amide bonds. The lowest BCUT2D eigenvalue weighted by molar-refractivity contribution is -0.150. The van der Waals surface area contributed by atoms with Crippen LogP contribution in [-0.4, -0.2) is 90.3 Å². The van der Waals surface area contributed by atoms with Crippen molar-refractivity contribution in [2.45, 2.75) is 62.6 Å². The van der Waals surface area contributed by atoms with Gasteiger partial charge < -0.3 is 34.6 Å². The van der Waals surface area contributed by atoms with Crippen molar-refractivity contribution in [1.82, 2.24) is 10.2 Å². The van der Waals surface area contributed by atoms with E-state index in [1.165, 1.54) is 0 Å². The molecule has 1 aromatic carbocycles. The molecule has 3 N–H and O–H groups in total. The molecule has 0 aromatic heterocycles. The fourth-order valence-corrected chi connectivity index (χ4v) is 5.33. The number of hydrogen-bond acceptors (Lipinski definition) is 7. The highest BCUT2D eigenvalue weighted by atomic mass is 127. The minimum atomic E-state index is -1.06. The molecule has 2 fully saturated rings. The number of benzene rings is 1. The number of nitrogens with one attached hydrogen (secondary N) is 1. The maximum Gasteiger partial charge on any atom is 0.252 e. The Kier molecular flexibility index (Phi) is 9.40. The first-order chi connectivity index (χ1) is 17.0. The van der Waals surface area contributed by atoms with Crippen LogP contribution >= 0.6 is 22.6 Å². The molecule has 35 heavy (non-hydrogen) atoms. The van der Waals surface area contributed by atoms with Gasteiger partial charge in [0, 0.05) is 38.3 Å². The molecule has 0 saturated carbocycles. The van der Waals surface area contributed by atoms with Gasteiger partial charge in [0.1, 0.15) is 24.1 Å². The largest absolute Gasteiger partial charge is 0.482 e. The Morgan fingerprint density at radius 1 is 1.17 bits per heavy atom. The quantitative estimate of drug-likeness (QED) is 0.367. The minimum absolute atomic E-state index is 0.111. The van der Waals surface area contributed by atoms with Crippen LogP contribution in [0.4, 0.5) is 0 Å². The van der Waals surface area contributed by atoms with Crippen LogP contribution in [0.2, 0.25) is 0 Å². The maximum atomic E-state index is 13.6. The molecule has 0 radical (unpaired) electrons. The second kappa shape index (κ2) is 12.5. The number of rotatable bonds is 9. The predicted octanol–water partition coefficient (Wildman–Crippen LogP) is 1.39. The van der Waals surface area contributed by atoms with Crippen molar-refractivity contribution >= 4 is 34.4 Å².